The van der Waals surface area contributed by atoms with Gasteiger partial charge in [-0.15, -0.1) is 0 Å². The van der Waals surface area contributed by atoms with E-state index in [0.717, 1.165) is 32.3 Å². The summed E-state index contributed by atoms with van der Waals surface area (Å²) in [6.07, 6.45) is 3.62. The van der Waals surface area contributed by atoms with Gasteiger partial charge >= 0.3 is 5.97 Å². The van der Waals surface area contributed by atoms with Crippen molar-refractivity contribution in [2.24, 2.45) is 0 Å². The van der Waals surface area contributed by atoms with E-state index >= 15 is 0 Å². The third-order valence-electron chi connectivity index (χ3n) is 3.96. The van der Waals surface area contributed by atoms with Crippen LogP contribution in [0.1, 0.15) is 36.0 Å². The van der Waals surface area contributed by atoms with Crippen LogP contribution in [0.5, 0.6) is 0 Å². The molecule has 0 aromatic heterocycles. The van der Waals surface area contributed by atoms with E-state index in [1.165, 1.54) is 18.2 Å². The van der Waals surface area contributed by atoms with Crippen molar-refractivity contribution in [2.45, 2.75) is 42.7 Å². The van der Waals surface area contributed by atoms with Gasteiger partial charge < -0.3 is 15.2 Å². The third-order valence-corrected chi connectivity index (χ3v) is 5.52. The first-order valence-corrected chi connectivity index (χ1v) is 9.19. The molecule has 1 aliphatic carbocycles. The molecule has 2 aliphatic rings. The van der Waals surface area contributed by atoms with Gasteiger partial charge in [-0.3, -0.25) is 0 Å². The van der Waals surface area contributed by atoms with Crippen LogP contribution in [0.25, 0.3) is 0 Å². The Hall–Kier alpha value is -1.64. The maximum Gasteiger partial charge on any atom is 0.335 e. The predicted octanol–water partition coefficient (Wildman–Crippen LogP) is 1.42. The minimum Gasteiger partial charge on any atom is -0.478 e. The number of carboxylic acid groups (broad SMARTS) is 1. The molecule has 1 atom stereocenters. The van der Waals surface area contributed by atoms with Crippen molar-refractivity contribution in [1.29, 1.82) is 0 Å². The molecule has 7 nitrogen and oxygen atoms in total. The van der Waals surface area contributed by atoms with Crippen molar-refractivity contribution in [2.75, 3.05) is 18.5 Å². The van der Waals surface area contributed by atoms with Gasteiger partial charge in [0.1, 0.15) is 4.90 Å². The van der Waals surface area contributed by atoms with Crippen LogP contribution in [0.15, 0.2) is 23.1 Å². The molecule has 1 aromatic carbocycles. The third kappa shape index (κ3) is 4.01. The van der Waals surface area contributed by atoms with E-state index in [0.29, 0.717) is 12.2 Å². The van der Waals surface area contributed by atoms with Gasteiger partial charge in [0.2, 0.25) is 10.0 Å². The number of ether oxygens (including phenoxy) is 1. The van der Waals surface area contributed by atoms with Crippen LogP contribution in [-0.2, 0) is 14.8 Å². The summed E-state index contributed by atoms with van der Waals surface area (Å²) in [4.78, 5) is 11.1. The minimum atomic E-state index is -3.75. The minimum absolute atomic E-state index is 0.0257. The molecule has 1 saturated carbocycles. The number of anilines is 1. The molecule has 1 aliphatic heterocycles. The molecule has 3 rings (SSSR count). The number of carbonyl (C=O) groups is 1. The van der Waals surface area contributed by atoms with Gasteiger partial charge in [-0.25, -0.2) is 17.9 Å². The second-order valence-electron chi connectivity index (χ2n) is 5.93. The molecule has 0 bridgehead atoms. The Morgan fingerprint density at radius 1 is 1.30 bits per heavy atom. The highest BCUT2D eigenvalue weighted by Crippen LogP contribution is 2.27. The van der Waals surface area contributed by atoms with Crippen molar-refractivity contribution in [3.05, 3.63) is 23.8 Å². The highest BCUT2D eigenvalue weighted by atomic mass is 32.2. The molecule has 3 N–H and O–H groups in total. The lowest BCUT2D eigenvalue weighted by Crippen LogP contribution is -2.27. The van der Waals surface area contributed by atoms with E-state index in [9.17, 15) is 13.2 Å². The summed E-state index contributed by atoms with van der Waals surface area (Å²) in [6.45, 7) is 1.22. The molecule has 126 valence electrons. The largest absolute Gasteiger partial charge is 0.478 e. The van der Waals surface area contributed by atoms with E-state index in [2.05, 4.69) is 10.0 Å². The first-order chi connectivity index (χ1) is 11.0. The van der Waals surface area contributed by atoms with Crippen LogP contribution in [-0.4, -0.2) is 44.8 Å². The summed E-state index contributed by atoms with van der Waals surface area (Å²) in [5.74, 6) is -1.15. The highest BCUT2D eigenvalue weighted by molar-refractivity contribution is 7.89. The van der Waals surface area contributed by atoms with Crippen molar-refractivity contribution < 1.29 is 23.1 Å². The Bertz CT molecular complexity index is 694. The fraction of sp³-hybridized carbons (Fsp3) is 0.533. The summed E-state index contributed by atoms with van der Waals surface area (Å²) >= 11 is 0. The van der Waals surface area contributed by atoms with E-state index in [4.69, 9.17) is 9.84 Å². The zero-order valence-electron chi connectivity index (χ0n) is 12.6. The van der Waals surface area contributed by atoms with Gasteiger partial charge in [-0.2, -0.15) is 0 Å². The highest BCUT2D eigenvalue weighted by Gasteiger charge is 2.30. The topological polar surface area (TPSA) is 105 Å². The molecule has 1 aromatic rings. The standard InChI is InChI=1S/C15H20N2O5S/c18-15(19)10-3-6-13(16-9-12-2-1-7-22-12)14(8-10)23(20,21)17-11-4-5-11/h3,6,8,11-12,16-17H,1-2,4-5,7,9H2,(H,18,19)/t12-/m1/s1. The van der Waals surface area contributed by atoms with Crippen molar-refractivity contribution in [1.82, 2.24) is 4.72 Å². The van der Waals surface area contributed by atoms with E-state index in [-0.39, 0.29) is 22.6 Å². The summed E-state index contributed by atoms with van der Waals surface area (Å²) in [6, 6.07) is 4.06. The normalized spacial score (nSPS) is 21.3. The Labute approximate surface area is 135 Å². The van der Waals surface area contributed by atoms with Gasteiger partial charge in [0, 0.05) is 19.2 Å². The lowest BCUT2D eigenvalue weighted by Gasteiger charge is -2.16. The first-order valence-electron chi connectivity index (χ1n) is 7.71. The number of nitrogens with one attached hydrogen (secondary N) is 2. The zero-order chi connectivity index (χ0) is 16.4. The van der Waals surface area contributed by atoms with Crippen molar-refractivity contribution in [3.63, 3.8) is 0 Å². The maximum atomic E-state index is 12.5. The van der Waals surface area contributed by atoms with Crippen LogP contribution in [0.2, 0.25) is 0 Å². The SMILES string of the molecule is O=C(O)c1ccc(NC[C@H]2CCCO2)c(S(=O)(=O)NC2CC2)c1. The lowest BCUT2D eigenvalue weighted by molar-refractivity contribution is 0.0696. The van der Waals surface area contributed by atoms with E-state index < -0.39 is 16.0 Å². The molecule has 0 spiro atoms. The molecule has 1 saturated heterocycles. The average molecular weight is 340 g/mol. The molecule has 0 unspecified atom stereocenters. The number of benzene rings is 1. The molecular weight excluding hydrogens is 320 g/mol. The van der Waals surface area contributed by atoms with Gasteiger partial charge in [-0.05, 0) is 43.9 Å². The molecule has 0 amide bonds. The van der Waals surface area contributed by atoms with Crippen LogP contribution >= 0.6 is 0 Å². The number of sulfonamides is 1. The molecule has 1 heterocycles. The number of rotatable bonds is 7. The zero-order valence-corrected chi connectivity index (χ0v) is 13.4. The summed E-state index contributed by atoms with van der Waals surface area (Å²) in [5.41, 5.74) is 0.350. The fourth-order valence-electron chi connectivity index (χ4n) is 2.54. The number of hydrogen-bond donors (Lipinski definition) is 3. The molecule has 23 heavy (non-hydrogen) atoms. The lowest BCUT2D eigenvalue weighted by atomic mass is 10.2. The maximum absolute atomic E-state index is 12.5. The number of carboxylic acids is 1. The van der Waals surface area contributed by atoms with Crippen LogP contribution < -0.4 is 10.0 Å². The summed E-state index contributed by atoms with van der Waals surface area (Å²) < 4.78 is 33.1. The van der Waals surface area contributed by atoms with Gasteiger partial charge in [-0.1, -0.05) is 0 Å². The summed E-state index contributed by atoms with van der Waals surface area (Å²) in [7, 11) is -3.75. The smallest absolute Gasteiger partial charge is 0.335 e. The summed E-state index contributed by atoms with van der Waals surface area (Å²) in [5, 5.41) is 12.2. The van der Waals surface area contributed by atoms with Gasteiger partial charge in [0.25, 0.3) is 0 Å². The van der Waals surface area contributed by atoms with Crippen LogP contribution in [0.3, 0.4) is 0 Å². The number of aromatic carboxylic acids is 1. The van der Waals surface area contributed by atoms with Crippen LogP contribution in [0.4, 0.5) is 5.69 Å². The predicted molar refractivity (Wildman–Crippen MR) is 84.2 cm³/mol. The molecule has 2 fully saturated rings. The Kier molecular flexibility index (Phi) is 4.56. The average Bonchev–Trinajstić information content (AvgIpc) is 3.15. The van der Waals surface area contributed by atoms with Crippen molar-refractivity contribution >= 4 is 21.7 Å². The molecular formula is C15H20N2O5S. The fourth-order valence-corrected chi connectivity index (χ4v) is 4.05. The van der Waals surface area contributed by atoms with Gasteiger partial charge in [0.15, 0.2) is 0 Å². The second-order valence-corrected chi connectivity index (χ2v) is 7.61. The first kappa shape index (κ1) is 16.2. The van der Waals surface area contributed by atoms with Crippen LogP contribution in [0, 0.1) is 0 Å². The van der Waals surface area contributed by atoms with E-state index in [1.807, 2.05) is 0 Å². The molecule has 0 radical (unpaired) electrons. The second kappa shape index (κ2) is 6.46. The monoisotopic (exact) mass is 340 g/mol. The molecule has 8 heteroatoms. The Morgan fingerprint density at radius 3 is 2.70 bits per heavy atom. The van der Waals surface area contributed by atoms with E-state index in [1.54, 1.807) is 0 Å². The van der Waals surface area contributed by atoms with Crippen molar-refractivity contribution in [3.8, 4) is 0 Å². The van der Waals surface area contributed by atoms with Gasteiger partial charge in [0.05, 0.1) is 17.4 Å². The Morgan fingerprint density at radius 2 is 2.09 bits per heavy atom. The number of hydrogen-bond acceptors (Lipinski definition) is 5. The quantitative estimate of drug-likeness (QED) is 0.693. The Balaban J connectivity index is 1.85.